The van der Waals surface area contributed by atoms with Gasteiger partial charge in [0.05, 0.1) is 20.3 Å². The van der Waals surface area contributed by atoms with E-state index in [1.807, 2.05) is 0 Å². The third kappa shape index (κ3) is 6.04. The number of alkyl halides is 4. The Labute approximate surface area is 147 Å². The van der Waals surface area contributed by atoms with Gasteiger partial charge in [-0.15, -0.1) is 0 Å². The molecule has 9 heteroatoms. The van der Waals surface area contributed by atoms with Crippen LogP contribution >= 0.6 is 0 Å². The molecule has 1 rings (SSSR count). The molecule has 0 aliphatic heterocycles. The standard InChI is InChI=1S/C17H17F4NO4/c1-3-26-15(23)12(8-22)6-11-4-5-14(24-2)13(7-11)9-25-10-17(20,21)16(18)19/h4-7,16H,3,9-10H2,1-2H3/b12-6+. The second-order valence-corrected chi connectivity index (χ2v) is 5.02. The maximum absolute atomic E-state index is 12.9. The van der Waals surface area contributed by atoms with E-state index < -0.39 is 31.5 Å². The highest BCUT2D eigenvalue weighted by Gasteiger charge is 2.40. The first kappa shape index (κ1) is 21.4. The molecular weight excluding hydrogens is 358 g/mol. The smallest absolute Gasteiger partial charge is 0.348 e. The summed E-state index contributed by atoms with van der Waals surface area (Å²) in [7, 11) is 1.33. The van der Waals surface area contributed by atoms with E-state index in [1.165, 1.54) is 31.4 Å². The normalized spacial score (nSPS) is 12.0. The van der Waals surface area contributed by atoms with Crippen LogP contribution in [0.25, 0.3) is 6.08 Å². The summed E-state index contributed by atoms with van der Waals surface area (Å²) in [6.45, 7) is -0.197. The van der Waals surface area contributed by atoms with Crippen LogP contribution < -0.4 is 4.74 Å². The Morgan fingerprint density at radius 2 is 2.08 bits per heavy atom. The molecule has 0 aromatic heterocycles. The van der Waals surface area contributed by atoms with Crippen molar-refractivity contribution in [1.82, 2.24) is 0 Å². The van der Waals surface area contributed by atoms with Crippen LogP contribution in [0.5, 0.6) is 5.75 Å². The molecule has 0 unspecified atom stereocenters. The lowest BCUT2D eigenvalue weighted by Crippen LogP contribution is -2.32. The van der Waals surface area contributed by atoms with Crippen molar-refractivity contribution in [1.29, 1.82) is 5.26 Å². The molecule has 0 saturated carbocycles. The van der Waals surface area contributed by atoms with Gasteiger partial charge in [0, 0.05) is 5.56 Å². The van der Waals surface area contributed by atoms with Crippen molar-refractivity contribution in [3.63, 3.8) is 0 Å². The highest BCUT2D eigenvalue weighted by molar-refractivity contribution is 5.97. The molecule has 0 radical (unpaired) electrons. The summed E-state index contributed by atoms with van der Waals surface area (Å²) < 4.78 is 64.5. The quantitative estimate of drug-likeness (QED) is 0.286. The van der Waals surface area contributed by atoms with Crippen LogP contribution in [-0.2, 0) is 20.9 Å². The Morgan fingerprint density at radius 1 is 1.38 bits per heavy atom. The lowest BCUT2D eigenvalue weighted by atomic mass is 10.1. The van der Waals surface area contributed by atoms with Crippen molar-refractivity contribution >= 4 is 12.0 Å². The number of methoxy groups -OCH3 is 1. The predicted molar refractivity (Wildman–Crippen MR) is 83.8 cm³/mol. The summed E-state index contributed by atoms with van der Waals surface area (Å²) in [5.74, 6) is -4.79. The number of ether oxygens (including phenoxy) is 3. The fourth-order valence-corrected chi connectivity index (χ4v) is 1.87. The van der Waals surface area contributed by atoms with E-state index in [4.69, 9.17) is 14.7 Å². The Bertz CT molecular complexity index is 698. The second-order valence-electron chi connectivity index (χ2n) is 5.02. The number of hydrogen-bond acceptors (Lipinski definition) is 5. The Kier molecular flexibility index (Phi) is 8.06. The van der Waals surface area contributed by atoms with Crippen molar-refractivity contribution in [3.8, 4) is 11.8 Å². The van der Waals surface area contributed by atoms with Crippen LogP contribution in [0.15, 0.2) is 23.8 Å². The fourth-order valence-electron chi connectivity index (χ4n) is 1.87. The maximum Gasteiger partial charge on any atom is 0.348 e. The number of carbonyl (C=O) groups excluding carboxylic acids is 1. The third-order valence-corrected chi connectivity index (χ3v) is 3.10. The summed E-state index contributed by atoms with van der Waals surface area (Å²) in [6, 6.07) is 6.12. The summed E-state index contributed by atoms with van der Waals surface area (Å²) in [4.78, 5) is 11.6. The molecule has 142 valence electrons. The zero-order valence-corrected chi connectivity index (χ0v) is 14.1. The lowest BCUT2D eigenvalue weighted by Gasteiger charge is -2.16. The highest BCUT2D eigenvalue weighted by Crippen LogP contribution is 2.26. The number of rotatable bonds is 9. The molecule has 0 fully saturated rings. The summed E-state index contributed by atoms with van der Waals surface area (Å²) in [5.41, 5.74) is 0.412. The van der Waals surface area contributed by atoms with Gasteiger partial charge in [0.15, 0.2) is 0 Å². The fraction of sp³-hybridized carbons (Fsp3) is 0.412. The summed E-state index contributed by atoms with van der Waals surface area (Å²) >= 11 is 0. The zero-order chi connectivity index (χ0) is 19.7. The van der Waals surface area contributed by atoms with E-state index in [0.29, 0.717) is 5.56 Å². The molecule has 0 bridgehead atoms. The van der Waals surface area contributed by atoms with Gasteiger partial charge in [-0.3, -0.25) is 0 Å². The molecule has 1 aromatic rings. The van der Waals surface area contributed by atoms with Crippen LogP contribution in [-0.4, -0.2) is 38.6 Å². The molecular formula is C17H17F4NO4. The molecule has 0 heterocycles. The molecule has 0 aliphatic carbocycles. The van der Waals surface area contributed by atoms with Gasteiger partial charge in [0.1, 0.15) is 24.0 Å². The summed E-state index contributed by atoms with van der Waals surface area (Å²) in [5, 5.41) is 9.01. The topological polar surface area (TPSA) is 68.6 Å². The molecule has 0 atom stereocenters. The van der Waals surface area contributed by atoms with Gasteiger partial charge in [-0.2, -0.15) is 14.0 Å². The Hall–Kier alpha value is -2.60. The van der Waals surface area contributed by atoms with Gasteiger partial charge in [-0.05, 0) is 30.7 Å². The number of carbonyl (C=O) groups is 1. The molecule has 1 aromatic carbocycles. The van der Waals surface area contributed by atoms with Crippen molar-refractivity contribution in [2.45, 2.75) is 25.9 Å². The SMILES string of the molecule is CCOC(=O)/C(C#N)=C/c1ccc(OC)c(COCC(F)(F)C(F)F)c1. The molecule has 0 N–H and O–H groups in total. The average molecular weight is 375 g/mol. The van der Waals surface area contributed by atoms with E-state index in [0.717, 1.165) is 0 Å². The molecule has 5 nitrogen and oxygen atoms in total. The number of esters is 1. The maximum atomic E-state index is 12.9. The minimum atomic E-state index is -4.26. The van der Waals surface area contributed by atoms with E-state index in [9.17, 15) is 22.4 Å². The number of benzene rings is 1. The van der Waals surface area contributed by atoms with Crippen LogP contribution in [0.4, 0.5) is 17.6 Å². The highest BCUT2D eigenvalue weighted by atomic mass is 19.3. The number of halogens is 4. The van der Waals surface area contributed by atoms with Gasteiger partial charge in [-0.25, -0.2) is 13.6 Å². The summed E-state index contributed by atoms with van der Waals surface area (Å²) in [6.07, 6.45) is -2.59. The van der Waals surface area contributed by atoms with E-state index in [-0.39, 0.29) is 23.5 Å². The van der Waals surface area contributed by atoms with Gasteiger partial charge < -0.3 is 14.2 Å². The van der Waals surface area contributed by atoms with Gasteiger partial charge in [0.25, 0.3) is 0 Å². The minimum Gasteiger partial charge on any atom is -0.496 e. The van der Waals surface area contributed by atoms with Crippen molar-refractivity contribution in [2.24, 2.45) is 0 Å². The first-order valence-electron chi connectivity index (χ1n) is 7.44. The van der Waals surface area contributed by atoms with Crippen molar-refractivity contribution in [3.05, 3.63) is 34.9 Å². The van der Waals surface area contributed by atoms with E-state index in [1.54, 1.807) is 13.0 Å². The molecule has 0 spiro atoms. The first-order valence-corrected chi connectivity index (χ1v) is 7.44. The monoisotopic (exact) mass is 375 g/mol. The second kappa shape index (κ2) is 9.77. The minimum absolute atomic E-state index is 0.0951. The number of nitriles is 1. The lowest BCUT2D eigenvalue weighted by molar-refractivity contribution is -0.168. The Balaban J connectivity index is 2.98. The van der Waals surface area contributed by atoms with Gasteiger partial charge in [0.2, 0.25) is 0 Å². The van der Waals surface area contributed by atoms with Gasteiger partial charge >= 0.3 is 18.3 Å². The van der Waals surface area contributed by atoms with Crippen molar-refractivity contribution < 1.29 is 36.6 Å². The predicted octanol–water partition coefficient (Wildman–Crippen LogP) is 3.58. The first-order chi connectivity index (χ1) is 12.2. The van der Waals surface area contributed by atoms with Crippen LogP contribution in [0.2, 0.25) is 0 Å². The van der Waals surface area contributed by atoms with Crippen LogP contribution in [0.3, 0.4) is 0 Å². The van der Waals surface area contributed by atoms with Crippen LogP contribution in [0.1, 0.15) is 18.1 Å². The van der Waals surface area contributed by atoms with E-state index in [2.05, 4.69) is 4.74 Å². The average Bonchev–Trinajstić information content (AvgIpc) is 2.59. The number of nitrogens with zero attached hydrogens (tertiary/aromatic N) is 1. The number of hydrogen-bond donors (Lipinski definition) is 0. The largest absolute Gasteiger partial charge is 0.496 e. The molecule has 0 saturated heterocycles. The van der Waals surface area contributed by atoms with Gasteiger partial charge in [-0.1, -0.05) is 6.07 Å². The molecule has 0 amide bonds. The third-order valence-electron chi connectivity index (χ3n) is 3.10. The van der Waals surface area contributed by atoms with Crippen LogP contribution in [0, 0.1) is 11.3 Å². The molecule has 0 aliphatic rings. The molecule has 26 heavy (non-hydrogen) atoms. The Morgan fingerprint density at radius 3 is 2.62 bits per heavy atom. The van der Waals surface area contributed by atoms with Crippen molar-refractivity contribution in [2.75, 3.05) is 20.3 Å². The van der Waals surface area contributed by atoms with E-state index >= 15 is 0 Å². The zero-order valence-electron chi connectivity index (χ0n) is 14.1.